The van der Waals surface area contributed by atoms with Crippen LogP contribution in [-0.2, 0) is 0 Å². The molecule has 0 N–H and O–H groups in total. The lowest BCUT2D eigenvalue weighted by molar-refractivity contribution is 0.0746. The third-order valence-corrected chi connectivity index (χ3v) is 6.25. The van der Waals surface area contributed by atoms with Gasteiger partial charge in [0.2, 0.25) is 0 Å². The summed E-state index contributed by atoms with van der Waals surface area (Å²) in [6, 6.07) is 26.1. The summed E-state index contributed by atoms with van der Waals surface area (Å²) in [5.41, 5.74) is 4.41. The fourth-order valence-corrected chi connectivity index (χ4v) is 4.42. The predicted octanol–water partition coefficient (Wildman–Crippen LogP) is 4.51. The smallest absolute Gasteiger partial charge is 0.254 e. The molecule has 1 fully saturated rings. The van der Waals surface area contributed by atoms with Gasteiger partial charge in [0, 0.05) is 55.1 Å². The highest BCUT2D eigenvalue weighted by Gasteiger charge is 2.23. The molecule has 1 saturated heterocycles. The van der Waals surface area contributed by atoms with Crippen LogP contribution in [0.1, 0.15) is 10.4 Å². The minimum absolute atomic E-state index is 0.0490. The Labute approximate surface area is 191 Å². The maximum atomic E-state index is 13.2. The van der Waals surface area contributed by atoms with Crippen molar-refractivity contribution in [2.24, 2.45) is 0 Å². The van der Waals surface area contributed by atoms with E-state index >= 15 is 0 Å². The van der Waals surface area contributed by atoms with Gasteiger partial charge in [-0.05, 0) is 30.3 Å². The first-order valence-electron chi connectivity index (χ1n) is 11.2. The van der Waals surface area contributed by atoms with E-state index in [1.54, 1.807) is 0 Å². The van der Waals surface area contributed by atoms with E-state index in [0.29, 0.717) is 18.7 Å². The second kappa shape index (κ2) is 8.06. The van der Waals surface area contributed by atoms with Crippen molar-refractivity contribution < 1.29 is 4.79 Å². The maximum absolute atomic E-state index is 13.2. The van der Waals surface area contributed by atoms with E-state index in [1.807, 2.05) is 82.4 Å². The SMILES string of the molecule is O=C(c1ccn2cc(-c3ccccc3)nc2c1)N1CCN(c2ccc3ccccc3n2)CC1. The van der Waals surface area contributed by atoms with Crippen molar-refractivity contribution in [1.82, 2.24) is 19.3 Å². The molecule has 0 aliphatic carbocycles. The predicted molar refractivity (Wildman–Crippen MR) is 130 cm³/mol. The quantitative estimate of drug-likeness (QED) is 0.420. The van der Waals surface area contributed by atoms with Crippen LogP contribution in [0.4, 0.5) is 5.82 Å². The van der Waals surface area contributed by atoms with Gasteiger partial charge in [0.05, 0.1) is 11.2 Å². The lowest BCUT2D eigenvalue weighted by atomic mass is 10.2. The van der Waals surface area contributed by atoms with Crippen molar-refractivity contribution >= 4 is 28.3 Å². The highest BCUT2D eigenvalue weighted by Crippen LogP contribution is 2.22. The number of anilines is 1. The Bertz CT molecular complexity index is 1450. The topological polar surface area (TPSA) is 53.7 Å². The van der Waals surface area contributed by atoms with Gasteiger partial charge >= 0.3 is 0 Å². The van der Waals surface area contributed by atoms with E-state index in [1.165, 1.54) is 0 Å². The lowest BCUT2D eigenvalue weighted by Crippen LogP contribution is -2.49. The number of para-hydroxylation sites is 1. The number of hydrogen-bond donors (Lipinski definition) is 0. The molecule has 1 amide bonds. The Kier molecular flexibility index (Phi) is 4.76. The Balaban J connectivity index is 1.17. The van der Waals surface area contributed by atoms with Crippen molar-refractivity contribution in [2.45, 2.75) is 0 Å². The molecule has 4 heterocycles. The Morgan fingerprint density at radius 1 is 0.788 bits per heavy atom. The standard InChI is InChI=1S/C27H23N5O/c33-27(22-12-13-32-19-24(29-26(32)18-22)20-6-2-1-3-7-20)31-16-14-30(15-17-31)25-11-10-21-8-4-5-9-23(21)28-25/h1-13,18-19H,14-17H2. The van der Waals surface area contributed by atoms with E-state index in [2.05, 4.69) is 23.1 Å². The molecule has 162 valence electrons. The van der Waals surface area contributed by atoms with Crippen LogP contribution in [0.3, 0.4) is 0 Å². The number of hydrogen-bond acceptors (Lipinski definition) is 4. The number of fused-ring (bicyclic) bond motifs is 2. The van der Waals surface area contributed by atoms with Gasteiger partial charge in [0.25, 0.3) is 5.91 Å². The lowest BCUT2D eigenvalue weighted by Gasteiger charge is -2.35. The molecule has 1 aliphatic rings. The number of carbonyl (C=O) groups is 1. The zero-order chi connectivity index (χ0) is 22.2. The van der Waals surface area contributed by atoms with Crippen molar-refractivity contribution in [2.75, 3.05) is 31.1 Å². The fraction of sp³-hybridized carbons (Fsp3) is 0.148. The molecule has 0 saturated carbocycles. The second-order valence-electron chi connectivity index (χ2n) is 8.31. The third-order valence-electron chi connectivity index (χ3n) is 6.25. The first kappa shape index (κ1) is 19.5. The molecule has 0 radical (unpaired) electrons. The van der Waals surface area contributed by atoms with Crippen molar-refractivity contribution in [3.05, 3.63) is 96.8 Å². The van der Waals surface area contributed by atoms with Gasteiger partial charge in [0.1, 0.15) is 11.5 Å². The van der Waals surface area contributed by atoms with Gasteiger partial charge in [-0.1, -0.05) is 48.5 Å². The minimum Gasteiger partial charge on any atom is -0.353 e. The summed E-state index contributed by atoms with van der Waals surface area (Å²) >= 11 is 0. The molecular formula is C27H23N5O. The van der Waals surface area contributed by atoms with E-state index < -0.39 is 0 Å². The summed E-state index contributed by atoms with van der Waals surface area (Å²) < 4.78 is 1.96. The maximum Gasteiger partial charge on any atom is 0.254 e. The van der Waals surface area contributed by atoms with Crippen LogP contribution in [-0.4, -0.2) is 51.4 Å². The van der Waals surface area contributed by atoms with Gasteiger partial charge < -0.3 is 14.2 Å². The fourth-order valence-electron chi connectivity index (χ4n) is 4.42. The van der Waals surface area contributed by atoms with Crippen LogP contribution in [0, 0.1) is 0 Å². The Morgan fingerprint density at radius 3 is 2.42 bits per heavy atom. The number of carbonyl (C=O) groups excluding carboxylic acids is 1. The van der Waals surface area contributed by atoms with E-state index in [0.717, 1.165) is 46.7 Å². The van der Waals surface area contributed by atoms with Gasteiger partial charge in [-0.2, -0.15) is 0 Å². The number of aromatic nitrogens is 3. The largest absolute Gasteiger partial charge is 0.353 e. The van der Waals surface area contributed by atoms with Crippen molar-refractivity contribution in [3.63, 3.8) is 0 Å². The van der Waals surface area contributed by atoms with E-state index in [9.17, 15) is 4.79 Å². The van der Waals surface area contributed by atoms with Gasteiger partial charge in [0.15, 0.2) is 0 Å². The van der Waals surface area contributed by atoms with Crippen molar-refractivity contribution in [3.8, 4) is 11.3 Å². The summed E-state index contributed by atoms with van der Waals surface area (Å²) in [5.74, 6) is 1.01. The first-order valence-corrected chi connectivity index (χ1v) is 11.2. The summed E-state index contributed by atoms with van der Waals surface area (Å²) in [6.07, 6.45) is 3.91. The number of nitrogens with zero attached hydrogens (tertiary/aromatic N) is 5. The highest BCUT2D eigenvalue weighted by atomic mass is 16.2. The molecule has 0 spiro atoms. The van der Waals surface area contributed by atoms with Gasteiger partial charge in [-0.15, -0.1) is 0 Å². The third kappa shape index (κ3) is 3.69. The normalized spacial score (nSPS) is 14.2. The Morgan fingerprint density at radius 2 is 1.58 bits per heavy atom. The molecule has 3 aromatic heterocycles. The second-order valence-corrected chi connectivity index (χ2v) is 8.31. The van der Waals surface area contributed by atoms with Crippen LogP contribution >= 0.6 is 0 Å². The Hall–Kier alpha value is -4.19. The number of rotatable bonds is 3. The molecule has 2 aromatic carbocycles. The van der Waals surface area contributed by atoms with Crippen LogP contribution in [0.5, 0.6) is 0 Å². The monoisotopic (exact) mass is 433 g/mol. The number of amides is 1. The molecule has 0 bridgehead atoms. The molecule has 1 aliphatic heterocycles. The van der Waals surface area contributed by atoms with Crippen molar-refractivity contribution in [1.29, 1.82) is 0 Å². The van der Waals surface area contributed by atoms with E-state index in [4.69, 9.17) is 9.97 Å². The number of imidazole rings is 1. The molecule has 0 atom stereocenters. The molecule has 5 aromatic rings. The van der Waals surface area contributed by atoms with Crippen LogP contribution in [0.25, 0.3) is 27.8 Å². The summed E-state index contributed by atoms with van der Waals surface area (Å²) in [5, 5.41) is 1.14. The minimum atomic E-state index is 0.0490. The van der Waals surface area contributed by atoms with E-state index in [-0.39, 0.29) is 5.91 Å². The molecule has 6 rings (SSSR count). The average molecular weight is 434 g/mol. The summed E-state index contributed by atoms with van der Waals surface area (Å²) in [6.45, 7) is 2.87. The van der Waals surface area contributed by atoms with Crippen LogP contribution < -0.4 is 4.90 Å². The molecule has 6 nitrogen and oxygen atoms in total. The molecular weight excluding hydrogens is 410 g/mol. The number of pyridine rings is 2. The summed E-state index contributed by atoms with van der Waals surface area (Å²) in [4.78, 5) is 26.9. The highest BCUT2D eigenvalue weighted by molar-refractivity contribution is 5.95. The van der Waals surface area contributed by atoms with Gasteiger partial charge in [-0.25, -0.2) is 9.97 Å². The zero-order valence-corrected chi connectivity index (χ0v) is 18.1. The van der Waals surface area contributed by atoms with Crippen LogP contribution in [0.15, 0.2) is 91.3 Å². The molecule has 33 heavy (non-hydrogen) atoms. The van der Waals surface area contributed by atoms with Gasteiger partial charge in [-0.3, -0.25) is 4.79 Å². The zero-order valence-electron chi connectivity index (χ0n) is 18.1. The summed E-state index contributed by atoms with van der Waals surface area (Å²) in [7, 11) is 0. The van der Waals surface area contributed by atoms with Crippen LogP contribution in [0.2, 0.25) is 0 Å². The number of piperazine rings is 1. The first-order chi connectivity index (χ1) is 16.2. The molecule has 0 unspecified atom stereocenters. The number of benzene rings is 2. The average Bonchev–Trinajstić information content (AvgIpc) is 3.32. The molecule has 6 heteroatoms.